The highest BCUT2D eigenvalue weighted by Gasteiger charge is 2.50. The molecule has 2 aliphatic heterocycles. The van der Waals surface area contributed by atoms with Crippen LogP contribution in [0.1, 0.15) is 19.3 Å². The number of ether oxygens (including phenoxy) is 1. The number of nitrogens with zero attached hydrogens (tertiary/aromatic N) is 2. The van der Waals surface area contributed by atoms with Gasteiger partial charge in [0, 0.05) is 33.3 Å². The highest BCUT2D eigenvalue weighted by molar-refractivity contribution is 7.89. The Morgan fingerprint density at radius 2 is 2.08 bits per heavy atom. The van der Waals surface area contributed by atoms with Gasteiger partial charge in [0.15, 0.2) is 0 Å². The molecule has 0 radical (unpaired) electrons. The maximum Gasteiger partial charge on any atom is 0.243 e. The van der Waals surface area contributed by atoms with E-state index in [4.69, 9.17) is 4.74 Å². The van der Waals surface area contributed by atoms with Crippen molar-refractivity contribution in [3.8, 4) is 0 Å². The summed E-state index contributed by atoms with van der Waals surface area (Å²) in [6.07, 6.45) is 2.04. The Labute approximate surface area is 147 Å². The predicted molar refractivity (Wildman–Crippen MR) is 89.9 cm³/mol. The third kappa shape index (κ3) is 3.43. The Balaban J connectivity index is 1.79. The minimum absolute atomic E-state index is 0.00717. The third-order valence-electron chi connectivity index (χ3n) is 5.14. The van der Waals surface area contributed by atoms with E-state index in [9.17, 15) is 17.6 Å². The molecule has 0 aliphatic carbocycles. The van der Waals surface area contributed by atoms with Crippen molar-refractivity contribution < 1.29 is 22.3 Å². The summed E-state index contributed by atoms with van der Waals surface area (Å²) in [6.45, 7) is 2.11. The van der Waals surface area contributed by atoms with Crippen LogP contribution in [-0.2, 0) is 19.6 Å². The number of benzene rings is 1. The second-order valence-corrected chi connectivity index (χ2v) is 8.65. The summed E-state index contributed by atoms with van der Waals surface area (Å²) in [5.41, 5.74) is -0.660. The van der Waals surface area contributed by atoms with E-state index in [-0.39, 0.29) is 23.9 Å². The van der Waals surface area contributed by atoms with Gasteiger partial charge < -0.3 is 9.64 Å². The first kappa shape index (κ1) is 18.3. The molecule has 1 spiro atoms. The van der Waals surface area contributed by atoms with Crippen LogP contribution in [-0.4, -0.2) is 63.4 Å². The van der Waals surface area contributed by atoms with Crippen LogP contribution in [0.2, 0.25) is 0 Å². The molecule has 0 N–H and O–H groups in total. The van der Waals surface area contributed by atoms with Crippen molar-refractivity contribution in [1.82, 2.24) is 9.21 Å². The van der Waals surface area contributed by atoms with E-state index in [1.807, 2.05) is 0 Å². The van der Waals surface area contributed by atoms with Gasteiger partial charge in [0.05, 0.1) is 16.9 Å². The zero-order valence-electron chi connectivity index (χ0n) is 14.3. The van der Waals surface area contributed by atoms with Crippen LogP contribution in [0.25, 0.3) is 0 Å². The smallest absolute Gasteiger partial charge is 0.243 e. The third-order valence-corrected chi connectivity index (χ3v) is 6.98. The molecule has 25 heavy (non-hydrogen) atoms. The normalized spacial score (nSPS) is 25.0. The molecule has 1 aromatic carbocycles. The monoisotopic (exact) mass is 370 g/mol. The van der Waals surface area contributed by atoms with Crippen LogP contribution >= 0.6 is 0 Å². The molecular formula is C17H23FN2O4S. The van der Waals surface area contributed by atoms with Crippen molar-refractivity contribution >= 4 is 15.9 Å². The van der Waals surface area contributed by atoms with Gasteiger partial charge in [-0.2, -0.15) is 4.31 Å². The highest BCUT2D eigenvalue weighted by atomic mass is 32.2. The molecule has 1 aromatic rings. The number of amides is 1. The molecule has 1 unspecified atom stereocenters. The van der Waals surface area contributed by atoms with Crippen LogP contribution in [0.5, 0.6) is 0 Å². The van der Waals surface area contributed by atoms with E-state index in [0.717, 1.165) is 12.5 Å². The molecule has 0 bridgehead atoms. The molecule has 2 aliphatic rings. The Morgan fingerprint density at radius 3 is 2.80 bits per heavy atom. The van der Waals surface area contributed by atoms with E-state index in [1.54, 1.807) is 12.0 Å². The minimum Gasteiger partial charge on any atom is -0.383 e. The quantitative estimate of drug-likeness (QED) is 0.787. The zero-order valence-corrected chi connectivity index (χ0v) is 15.1. The average molecular weight is 370 g/mol. The van der Waals surface area contributed by atoms with Crippen LogP contribution in [0.4, 0.5) is 4.39 Å². The van der Waals surface area contributed by atoms with E-state index in [1.165, 1.54) is 22.5 Å². The lowest BCUT2D eigenvalue weighted by Gasteiger charge is -2.39. The first-order chi connectivity index (χ1) is 11.9. The number of hydrogen-bond donors (Lipinski definition) is 0. The number of likely N-dealkylation sites (tertiary alicyclic amines) is 1. The summed E-state index contributed by atoms with van der Waals surface area (Å²) in [4.78, 5) is 14.6. The van der Waals surface area contributed by atoms with Gasteiger partial charge in [0.25, 0.3) is 0 Å². The average Bonchev–Trinajstić information content (AvgIpc) is 3.02. The summed E-state index contributed by atoms with van der Waals surface area (Å²) >= 11 is 0. The Morgan fingerprint density at radius 1 is 1.28 bits per heavy atom. The number of carbonyl (C=O) groups excluding carboxylic acids is 1. The van der Waals surface area contributed by atoms with Gasteiger partial charge >= 0.3 is 0 Å². The molecule has 2 saturated heterocycles. The van der Waals surface area contributed by atoms with E-state index in [0.29, 0.717) is 32.5 Å². The standard InChI is InChI=1S/C17H23FN2O4S/c1-24-11-10-19-8-3-6-17(16(19)21)7-9-20(13-17)25(22,23)15-5-2-4-14(18)12-15/h2,4-5,12H,3,6-11,13H2,1H3. The molecule has 6 nitrogen and oxygen atoms in total. The van der Waals surface area contributed by atoms with Crippen molar-refractivity contribution in [2.24, 2.45) is 5.41 Å². The molecule has 0 aromatic heterocycles. The summed E-state index contributed by atoms with van der Waals surface area (Å²) in [7, 11) is -2.21. The molecule has 1 atom stereocenters. The van der Waals surface area contributed by atoms with Crippen molar-refractivity contribution in [3.05, 3.63) is 30.1 Å². The Kier molecular flexibility index (Phi) is 5.13. The van der Waals surface area contributed by atoms with E-state index >= 15 is 0 Å². The number of hydrogen-bond acceptors (Lipinski definition) is 4. The Bertz CT molecular complexity index is 755. The number of piperidine rings is 1. The van der Waals surface area contributed by atoms with Crippen molar-refractivity contribution in [2.75, 3.05) is 39.9 Å². The first-order valence-electron chi connectivity index (χ1n) is 8.43. The fraction of sp³-hybridized carbons (Fsp3) is 0.588. The first-order valence-corrected chi connectivity index (χ1v) is 9.87. The summed E-state index contributed by atoms with van der Waals surface area (Å²) in [6, 6.07) is 5.00. The summed E-state index contributed by atoms with van der Waals surface area (Å²) < 4.78 is 45.4. The number of methoxy groups -OCH3 is 1. The van der Waals surface area contributed by atoms with Gasteiger partial charge in [-0.3, -0.25) is 4.79 Å². The van der Waals surface area contributed by atoms with Gasteiger partial charge in [0.2, 0.25) is 15.9 Å². The summed E-state index contributed by atoms with van der Waals surface area (Å²) in [5.74, 6) is -0.581. The lowest BCUT2D eigenvalue weighted by molar-refractivity contribution is -0.146. The molecule has 138 valence electrons. The second kappa shape index (κ2) is 7.01. The number of halogens is 1. The lowest BCUT2D eigenvalue weighted by Crippen LogP contribution is -2.51. The van der Waals surface area contributed by atoms with Crippen molar-refractivity contribution in [2.45, 2.75) is 24.2 Å². The number of carbonyl (C=O) groups is 1. The van der Waals surface area contributed by atoms with Crippen molar-refractivity contribution in [1.29, 1.82) is 0 Å². The van der Waals surface area contributed by atoms with Gasteiger partial charge in [-0.15, -0.1) is 0 Å². The van der Waals surface area contributed by atoms with E-state index < -0.39 is 21.3 Å². The largest absolute Gasteiger partial charge is 0.383 e. The minimum atomic E-state index is -3.80. The molecule has 8 heteroatoms. The predicted octanol–water partition coefficient (Wildman–Crippen LogP) is 1.48. The molecular weight excluding hydrogens is 347 g/mol. The molecule has 2 fully saturated rings. The SMILES string of the molecule is COCCN1CCCC2(CCN(S(=O)(=O)c3cccc(F)c3)C2)C1=O. The molecule has 1 amide bonds. The van der Waals surface area contributed by atoms with E-state index in [2.05, 4.69) is 0 Å². The fourth-order valence-electron chi connectivity index (χ4n) is 3.76. The van der Waals surface area contributed by atoms with Crippen molar-refractivity contribution in [3.63, 3.8) is 0 Å². The molecule has 0 saturated carbocycles. The van der Waals surface area contributed by atoms with Gasteiger partial charge in [0.1, 0.15) is 5.82 Å². The lowest BCUT2D eigenvalue weighted by atomic mass is 9.78. The second-order valence-electron chi connectivity index (χ2n) is 6.71. The fourth-order valence-corrected chi connectivity index (χ4v) is 5.32. The summed E-state index contributed by atoms with van der Waals surface area (Å²) in [5, 5.41) is 0. The van der Waals surface area contributed by atoms with Crippen LogP contribution in [0.3, 0.4) is 0 Å². The van der Waals surface area contributed by atoms with Crippen LogP contribution in [0.15, 0.2) is 29.2 Å². The maximum absolute atomic E-state index is 13.4. The number of rotatable bonds is 5. The van der Waals surface area contributed by atoms with Crippen LogP contribution in [0, 0.1) is 11.2 Å². The molecule has 3 rings (SSSR count). The topological polar surface area (TPSA) is 66.9 Å². The van der Waals surface area contributed by atoms with Gasteiger partial charge in [-0.05, 0) is 37.5 Å². The van der Waals surface area contributed by atoms with Gasteiger partial charge in [-0.25, -0.2) is 12.8 Å². The van der Waals surface area contributed by atoms with Crippen LogP contribution < -0.4 is 0 Å². The zero-order chi connectivity index (χ0) is 18.1. The Hall–Kier alpha value is -1.51. The van der Waals surface area contributed by atoms with Gasteiger partial charge in [-0.1, -0.05) is 6.07 Å². The highest BCUT2D eigenvalue weighted by Crippen LogP contribution is 2.41. The molecule has 2 heterocycles. The maximum atomic E-state index is 13.4. The number of sulfonamides is 1.